The first-order chi connectivity index (χ1) is 13.8. The van der Waals surface area contributed by atoms with Crippen molar-refractivity contribution >= 4 is 43.5 Å². The number of nitrogens with one attached hydrogen (secondary N) is 2. The molecular formula is C17H28N5O7Se+. The number of imidazole rings is 1. The molecule has 0 fully saturated rings. The summed E-state index contributed by atoms with van der Waals surface area (Å²) in [6.07, 6.45) is 1.48. The van der Waals surface area contributed by atoms with Crippen LogP contribution >= 0.6 is 0 Å². The van der Waals surface area contributed by atoms with Gasteiger partial charge in [-0.3, -0.25) is 0 Å². The molecule has 1 rings (SSSR count). The Kier molecular flexibility index (Phi) is 9.43. The molecular weight excluding hydrogens is 465 g/mol. The number of hydrogen-bond donors (Lipinski definition) is 6. The number of aromatic nitrogens is 2. The molecule has 1 aromatic heterocycles. The average molecular weight is 493 g/mol. The van der Waals surface area contributed by atoms with Gasteiger partial charge in [-0.2, -0.15) is 0 Å². The Labute approximate surface area is 179 Å². The SMILES string of the molecule is C[N+](C)(C)[C@@H](Cc1cnc([Se]C[C@H](NC(=O)CC[C@H](N)C(=O)O)C(=O)O)[nH]1)C(=O)O. The van der Waals surface area contributed by atoms with E-state index in [9.17, 15) is 29.4 Å². The molecule has 1 heterocycles. The Bertz CT molecular complexity index is 777. The summed E-state index contributed by atoms with van der Waals surface area (Å²) in [6.45, 7) is 0. The molecule has 1 aromatic rings. The number of hydrogen-bond acceptors (Lipinski definition) is 6. The van der Waals surface area contributed by atoms with Crippen molar-refractivity contribution in [3.8, 4) is 0 Å². The van der Waals surface area contributed by atoms with Crippen molar-refractivity contribution in [1.29, 1.82) is 0 Å². The third kappa shape index (κ3) is 8.49. The van der Waals surface area contributed by atoms with Gasteiger partial charge in [0.2, 0.25) is 0 Å². The number of amides is 1. The molecule has 0 saturated carbocycles. The summed E-state index contributed by atoms with van der Waals surface area (Å²) >= 11 is -0.415. The Morgan fingerprint density at radius 3 is 2.30 bits per heavy atom. The maximum absolute atomic E-state index is 11.9. The van der Waals surface area contributed by atoms with E-state index in [4.69, 9.17) is 10.8 Å². The summed E-state index contributed by atoms with van der Waals surface area (Å²) in [5, 5.41) is 29.9. The van der Waals surface area contributed by atoms with Crippen LogP contribution in [0, 0.1) is 0 Å². The standard InChI is InChI=1S/C17H27N5O7Se/c1-22(2,3)12(16(28)29)6-9-7-19-17(20-9)30-8-11(15(26)27)21-13(23)5-4-10(18)14(24)25/h7,10-12H,4-6,8,18H2,1-3H3,(H4-,19,20,21,23,24,25,26,27,28,29)/p+1/t10-,11-,12-/m0/s1. The van der Waals surface area contributed by atoms with Crippen LogP contribution in [-0.4, -0.2) is 108 Å². The van der Waals surface area contributed by atoms with Crippen molar-refractivity contribution in [2.45, 2.75) is 42.7 Å². The fourth-order valence-electron chi connectivity index (χ4n) is 2.43. The normalized spacial score (nSPS) is 14.5. The van der Waals surface area contributed by atoms with Crippen LogP contribution in [0.4, 0.5) is 0 Å². The molecule has 7 N–H and O–H groups in total. The van der Waals surface area contributed by atoms with E-state index in [0.29, 0.717) is 10.4 Å². The number of carboxylic acid groups (broad SMARTS) is 3. The van der Waals surface area contributed by atoms with Gasteiger partial charge in [0.05, 0.1) is 0 Å². The predicted molar refractivity (Wildman–Crippen MR) is 106 cm³/mol. The minimum atomic E-state index is -1.23. The van der Waals surface area contributed by atoms with E-state index in [1.807, 2.05) is 0 Å². The predicted octanol–water partition coefficient (Wildman–Crippen LogP) is -2.38. The summed E-state index contributed by atoms with van der Waals surface area (Å²) in [5.41, 5.74) is 5.96. The summed E-state index contributed by atoms with van der Waals surface area (Å²) < 4.78 is 0.768. The second kappa shape index (κ2) is 11.1. The van der Waals surface area contributed by atoms with Crippen molar-refractivity contribution in [2.24, 2.45) is 5.73 Å². The van der Waals surface area contributed by atoms with E-state index < -0.39 is 56.9 Å². The average Bonchev–Trinajstić information content (AvgIpc) is 3.07. The third-order valence-electron chi connectivity index (χ3n) is 4.26. The van der Waals surface area contributed by atoms with Gasteiger partial charge in [0.25, 0.3) is 0 Å². The molecule has 13 heteroatoms. The van der Waals surface area contributed by atoms with E-state index >= 15 is 0 Å². The van der Waals surface area contributed by atoms with Gasteiger partial charge in [-0.05, 0) is 0 Å². The van der Waals surface area contributed by atoms with E-state index in [-0.39, 0.29) is 29.1 Å². The fraction of sp³-hybridized carbons (Fsp3) is 0.588. The fourth-order valence-corrected chi connectivity index (χ4v) is 4.28. The van der Waals surface area contributed by atoms with E-state index in [0.717, 1.165) is 0 Å². The topological polar surface area (TPSA) is 196 Å². The molecule has 1 amide bonds. The van der Waals surface area contributed by atoms with Crippen molar-refractivity contribution in [2.75, 3.05) is 21.1 Å². The molecule has 0 aliphatic carbocycles. The minimum absolute atomic E-state index is 0.1000. The number of quaternary nitrogens is 1. The molecule has 0 spiro atoms. The molecule has 0 aliphatic rings. The van der Waals surface area contributed by atoms with Gasteiger partial charge in [-0.1, -0.05) is 0 Å². The van der Waals surface area contributed by atoms with Crippen LogP contribution in [0.1, 0.15) is 18.5 Å². The zero-order valence-electron chi connectivity index (χ0n) is 17.0. The van der Waals surface area contributed by atoms with Gasteiger partial charge in [-0.15, -0.1) is 0 Å². The number of carboxylic acids is 3. The molecule has 0 bridgehead atoms. The van der Waals surface area contributed by atoms with E-state index in [2.05, 4.69) is 15.3 Å². The Hall–Kier alpha value is -2.47. The van der Waals surface area contributed by atoms with Gasteiger partial charge < -0.3 is 0 Å². The Balaban J connectivity index is 2.63. The van der Waals surface area contributed by atoms with Crippen molar-refractivity contribution < 1.29 is 39.0 Å². The Morgan fingerprint density at radius 1 is 1.17 bits per heavy atom. The number of likely N-dealkylation sites (N-methyl/N-ethyl adjacent to an activating group) is 1. The first-order valence-electron chi connectivity index (χ1n) is 9.02. The van der Waals surface area contributed by atoms with Gasteiger partial charge in [0, 0.05) is 0 Å². The van der Waals surface area contributed by atoms with Crippen LogP contribution in [0.15, 0.2) is 6.20 Å². The first-order valence-corrected chi connectivity index (χ1v) is 11.1. The maximum atomic E-state index is 11.9. The molecule has 3 atom stereocenters. The number of nitrogens with zero attached hydrogens (tertiary/aromatic N) is 2. The number of nitrogens with two attached hydrogens (primary N) is 1. The van der Waals surface area contributed by atoms with Gasteiger partial charge in [-0.25, -0.2) is 0 Å². The van der Waals surface area contributed by atoms with Crippen LogP contribution in [0.5, 0.6) is 0 Å². The van der Waals surface area contributed by atoms with Crippen LogP contribution in [0.2, 0.25) is 5.32 Å². The summed E-state index contributed by atoms with van der Waals surface area (Å²) in [4.78, 5) is 52.7. The number of aromatic amines is 1. The molecule has 0 aromatic carbocycles. The zero-order chi connectivity index (χ0) is 23.1. The van der Waals surface area contributed by atoms with Crippen molar-refractivity contribution in [3.63, 3.8) is 0 Å². The summed E-state index contributed by atoms with van der Waals surface area (Å²) in [6, 6.07) is -3.01. The number of rotatable bonds is 13. The molecule has 0 aliphatic heterocycles. The molecule has 0 radical (unpaired) electrons. The zero-order valence-corrected chi connectivity index (χ0v) is 18.7. The summed E-state index contributed by atoms with van der Waals surface area (Å²) in [5.74, 6) is -3.97. The number of H-pyrrole nitrogens is 1. The van der Waals surface area contributed by atoms with Crippen LogP contribution in [0.25, 0.3) is 0 Å². The third-order valence-corrected chi connectivity index (χ3v) is 6.32. The molecule has 0 saturated heterocycles. The van der Waals surface area contributed by atoms with Crippen molar-refractivity contribution in [3.05, 3.63) is 11.9 Å². The Morgan fingerprint density at radius 2 is 1.80 bits per heavy atom. The quantitative estimate of drug-likeness (QED) is 0.128. The first kappa shape index (κ1) is 25.6. The second-order valence-corrected chi connectivity index (χ2v) is 9.76. The van der Waals surface area contributed by atoms with Crippen LogP contribution in [-0.2, 0) is 25.6 Å². The van der Waals surface area contributed by atoms with Crippen LogP contribution in [0.3, 0.4) is 0 Å². The molecule has 30 heavy (non-hydrogen) atoms. The van der Waals surface area contributed by atoms with Gasteiger partial charge in [0.1, 0.15) is 0 Å². The van der Waals surface area contributed by atoms with Gasteiger partial charge in [0.15, 0.2) is 0 Å². The van der Waals surface area contributed by atoms with E-state index in [1.54, 1.807) is 21.1 Å². The van der Waals surface area contributed by atoms with Crippen molar-refractivity contribution in [1.82, 2.24) is 15.3 Å². The van der Waals surface area contributed by atoms with Gasteiger partial charge >= 0.3 is 179 Å². The summed E-state index contributed by atoms with van der Waals surface area (Å²) in [7, 11) is 5.34. The number of carbonyl (C=O) groups is 4. The second-order valence-electron chi connectivity index (χ2n) is 7.64. The molecule has 12 nitrogen and oxygen atoms in total. The molecule has 0 unspecified atom stereocenters. The molecule has 168 valence electrons. The van der Waals surface area contributed by atoms with Crippen LogP contribution < -0.4 is 15.8 Å². The number of carbonyl (C=O) groups excluding carboxylic acids is 1. The monoisotopic (exact) mass is 494 g/mol. The van der Waals surface area contributed by atoms with E-state index in [1.165, 1.54) is 6.20 Å². The number of aliphatic carboxylic acids is 3.